The van der Waals surface area contributed by atoms with Gasteiger partial charge < -0.3 is 21.7 Å². The molecule has 2 amide bonds. The molecule has 34 heavy (non-hydrogen) atoms. The smallest absolute Gasteiger partial charge is 0.237 e. The Labute approximate surface area is 204 Å². The fourth-order valence-electron chi connectivity index (χ4n) is 4.13. The van der Waals surface area contributed by atoms with Crippen molar-refractivity contribution in [3.63, 3.8) is 0 Å². The summed E-state index contributed by atoms with van der Waals surface area (Å²) in [5.41, 5.74) is 7.60. The highest BCUT2D eigenvalue weighted by Crippen LogP contribution is 2.22. The van der Waals surface area contributed by atoms with Crippen molar-refractivity contribution in [1.82, 2.24) is 20.9 Å². The molecule has 0 radical (unpaired) electrons. The van der Waals surface area contributed by atoms with Gasteiger partial charge in [-0.25, -0.2) is 4.98 Å². The molecule has 1 aromatic heterocycles. The van der Waals surface area contributed by atoms with Crippen LogP contribution in [0.1, 0.15) is 18.4 Å². The number of nitrogens with two attached hydrogens (primary N) is 1. The predicted octanol–water partition coefficient (Wildman–Crippen LogP) is 2.25. The number of nitrogens with zero attached hydrogens (tertiary/aromatic N) is 1. The average molecular weight is 478 g/mol. The Hall–Kier alpha value is -2.94. The molecular formula is C26H31N5O2S. The predicted molar refractivity (Wildman–Crippen MR) is 137 cm³/mol. The van der Waals surface area contributed by atoms with E-state index in [-0.39, 0.29) is 36.5 Å². The Morgan fingerprint density at radius 3 is 2.71 bits per heavy atom. The number of para-hydroxylation sites is 1. The number of aromatic nitrogens is 1. The molecule has 0 bridgehead atoms. The first-order chi connectivity index (χ1) is 16.6. The van der Waals surface area contributed by atoms with Crippen molar-refractivity contribution in [2.75, 3.05) is 18.8 Å². The zero-order valence-corrected chi connectivity index (χ0v) is 19.9. The standard InChI is InChI=1S/C26H31N5O2S/c27-15-24(32)29-21-14-23(28-16-21)26(33)30-20(12-10-18-6-2-1-3-7-18)17-34-25-13-11-19-8-4-5-9-22(19)31-25/h1-9,11,13,20-21,23,28H,10,12,14-17,27H2,(H,29,32)(H,30,33)/t20-,21-,23+/m1/s1. The summed E-state index contributed by atoms with van der Waals surface area (Å²) in [5.74, 6) is 0.492. The molecule has 3 aromatic rings. The maximum absolute atomic E-state index is 13.0. The molecule has 0 aliphatic carbocycles. The number of carbonyl (C=O) groups is 2. The van der Waals surface area contributed by atoms with Gasteiger partial charge in [-0.05, 0) is 37.0 Å². The van der Waals surface area contributed by atoms with Crippen molar-refractivity contribution in [3.05, 3.63) is 72.3 Å². The van der Waals surface area contributed by atoms with Gasteiger partial charge in [0.05, 0.1) is 23.1 Å². The van der Waals surface area contributed by atoms with Crippen molar-refractivity contribution in [1.29, 1.82) is 0 Å². The molecular weight excluding hydrogens is 446 g/mol. The van der Waals surface area contributed by atoms with Gasteiger partial charge in [-0.3, -0.25) is 9.59 Å². The molecule has 3 atom stereocenters. The largest absolute Gasteiger partial charge is 0.351 e. The lowest BCUT2D eigenvalue weighted by atomic mass is 10.1. The molecule has 8 heteroatoms. The second-order valence-corrected chi connectivity index (χ2v) is 9.59. The van der Waals surface area contributed by atoms with Gasteiger partial charge in [-0.2, -0.15) is 0 Å². The number of pyridine rings is 1. The van der Waals surface area contributed by atoms with E-state index in [9.17, 15) is 9.59 Å². The molecule has 0 spiro atoms. The lowest BCUT2D eigenvalue weighted by molar-refractivity contribution is -0.124. The third-order valence-corrected chi connectivity index (χ3v) is 7.07. The summed E-state index contributed by atoms with van der Waals surface area (Å²) < 4.78 is 0. The van der Waals surface area contributed by atoms with Crippen molar-refractivity contribution < 1.29 is 9.59 Å². The summed E-state index contributed by atoms with van der Waals surface area (Å²) in [6.45, 7) is 0.517. The van der Waals surface area contributed by atoms with E-state index < -0.39 is 0 Å². The Morgan fingerprint density at radius 2 is 1.88 bits per heavy atom. The van der Waals surface area contributed by atoms with Crippen molar-refractivity contribution in [2.24, 2.45) is 5.73 Å². The van der Waals surface area contributed by atoms with Gasteiger partial charge in [0.25, 0.3) is 0 Å². The van der Waals surface area contributed by atoms with E-state index in [1.54, 1.807) is 11.8 Å². The lowest BCUT2D eigenvalue weighted by Gasteiger charge is -2.21. The zero-order valence-electron chi connectivity index (χ0n) is 19.1. The van der Waals surface area contributed by atoms with Crippen LogP contribution in [0.25, 0.3) is 10.9 Å². The minimum absolute atomic E-state index is 0.00883. The number of amides is 2. The van der Waals surface area contributed by atoms with Crippen LogP contribution in [-0.2, 0) is 16.0 Å². The highest BCUT2D eigenvalue weighted by atomic mass is 32.2. The lowest BCUT2D eigenvalue weighted by Crippen LogP contribution is -2.46. The van der Waals surface area contributed by atoms with Crippen LogP contribution >= 0.6 is 11.8 Å². The monoisotopic (exact) mass is 477 g/mol. The van der Waals surface area contributed by atoms with Crippen LogP contribution in [-0.4, -0.2) is 53.8 Å². The number of hydrogen-bond acceptors (Lipinski definition) is 6. The van der Waals surface area contributed by atoms with Gasteiger partial charge in [-0.15, -0.1) is 11.8 Å². The summed E-state index contributed by atoms with van der Waals surface area (Å²) in [7, 11) is 0. The molecule has 0 unspecified atom stereocenters. The fraction of sp³-hybridized carbons (Fsp3) is 0.346. The van der Waals surface area contributed by atoms with E-state index in [4.69, 9.17) is 10.7 Å². The van der Waals surface area contributed by atoms with Crippen molar-refractivity contribution in [3.8, 4) is 0 Å². The maximum Gasteiger partial charge on any atom is 0.237 e. The molecule has 0 saturated carbocycles. The summed E-state index contributed by atoms with van der Waals surface area (Å²) in [4.78, 5) is 29.3. The molecule has 2 heterocycles. The Balaban J connectivity index is 1.37. The van der Waals surface area contributed by atoms with Crippen molar-refractivity contribution >= 4 is 34.5 Å². The van der Waals surface area contributed by atoms with Crippen LogP contribution in [0.2, 0.25) is 0 Å². The van der Waals surface area contributed by atoms with E-state index in [0.717, 1.165) is 34.5 Å². The second-order valence-electron chi connectivity index (χ2n) is 8.55. The van der Waals surface area contributed by atoms with Gasteiger partial charge in [0.2, 0.25) is 11.8 Å². The highest BCUT2D eigenvalue weighted by Gasteiger charge is 2.31. The number of hydrogen-bond donors (Lipinski definition) is 4. The number of rotatable bonds is 10. The van der Waals surface area contributed by atoms with E-state index in [2.05, 4.69) is 40.2 Å². The number of thioether (sulfide) groups is 1. The van der Waals surface area contributed by atoms with Crippen LogP contribution < -0.4 is 21.7 Å². The molecule has 1 fully saturated rings. The summed E-state index contributed by atoms with van der Waals surface area (Å²) in [6, 6.07) is 22.1. The molecule has 5 N–H and O–H groups in total. The Bertz CT molecular complexity index is 1110. The van der Waals surface area contributed by atoms with Crippen LogP contribution in [0.3, 0.4) is 0 Å². The first kappa shape index (κ1) is 24.2. The summed E-state index contributed by atoms with van der Waals surface area (Å²) >= 11 is 1.66. The maximum atomic E-state index is 13.0. The zero-order chi connectivity index (χ0) is 23.8. The first-order valence-corrected chi connectivity index (χ1v) is 12.6. The average Bonchev–Trinajstić information content (AvgIpc) is 3.34. The van der Waals surface area contributed by atoms with Gasteiger partial charge in [0.15, 0.2) is 0 Å². The molecule has 1 aliphatic heterocycles. The van der Waals surface area contributed by atoms with Crippen LogP contribution in [0, 0.1) is 0 Å². The molecule has 4 rings (SSSR count). The highest BCUT2D eigenvalue weighted by molar-refractivity contribution is 7.99. The van der Waals surface area contributed by atoms with Gasteiger partial charge in [-0.1, -0.05) is 54.6 Å². The SMILES string of the molecule is NCC(=O)N[C@H]1CN[C@H](C(=O)N[C@H](CCc2ccccc2)CSc2ccc3ccccc3n2)C1. The number of carbonyl (C=O) groups excluding carboxylic acids is 2. The van der Waals surface area contributed by atoms with Gasteiger partial charge in [0, 0.05) is 29.8 Å². The Morgan fingerprint density at radius 1 is 1.09 bits per heavy atom. The normalized spacial score (nSPS) is 18.5. The van der Waals surface area contributed by atoms with Crippen LogP contribution in [0.4, 0.5) is 0 Å². The van der Waals surface area contributed by atoms with Crippen molar-refractivity contribution in [2.45, 2.75) is 42.4 Å². The second kappa shape index (κ2) is 12.0. The molecule has 7 nitrogen and oxygen atoms in total. The molecule has 2 aromatic carbocycles. The Kier molecular flexibility index (Phi) is 8.51. The number of benzene rings is 2. The third-order valence-electron chi connectivity index (χ3n) is 5.97. The number of fused-ring (bicyclic) bond motifs is 1. The van der Waals surface area contributed by atoms with Gasteiger partial charge >= 0.3 is 0 Å². The minimum atomic E-state index is -0.328. The fourth-order valence-corrected chi connectivity index (χ4v) is 5.08. The molecule has 178 valence electrons. The number of nitrogens with one attached hydrogen (secondary N) is 3. The van der Waals surface area contributed by atoms with Crippen LogP contribution in [0.5, 0.6) is 0 Å². The number of aryl methyl sites for hydroxylation is 1. The van der Waals surface area contributed by atoms with E-state index in [0.29, 0.717) is 13.0 Å². The molecule has 1 aliphatic rings. The first-order valence-electron chi connectivity index (χ1n) is 11.7. The van der Waals surface area contributed by atoms with Crippen LogP contribution in [0.15, 0.2) is 71.8 Å². The van der Waals surface area contributed by atoms with E-state index in [1.165, 1.54) is 5.56 Å². The quantitative estimate of drug-likeness (QED) is 0.334. The topological polar surface area (TPSA) is 109 Å². The van der Waals surface area contributed by atoms with Gasteiger partial charge in [0.1, 0.15) is 0 Å². The summed E-state index contributed by atoms with van der Waals surface area (Å²) in [5, 5.41) is 11.4. The molecule has 1 saturated heterocycles. The van der Waals surface area contributed by atoms with E-state index >= 15 is 0 Å². The third kappa shape index (κ3) is 6.79. The summed E-state index contributed by atoms with van der Waals surface area (Å²) in [6.07, 6.45) is 2.27. The van der Waals surface area contributed by atoms with E-state index in [1.807, 2.05) is 42.5 Å². The minimum Gasteiger partial charge on any atom is -0.351 e.